The summed E-state index contributed by atoms with van der Waals surface area (Å²) in [6.07, 6.45) is -9.64. The molecule has 0 aliphatic rings. The molecule has 1 atom stereocenters. The first-order chi connectivity index (χ1) is 13.0. The van der Waals surface area contributed by atoms with Gasteiger partial charge in [-0.25, -0.2) is 4.98 Å². The SMILES string of the molecule is CCCN(CCC)C[C@@H](O)c1cc(C(F)(F)F)nc2c(C(F)(F)F)cccc12. The lowest BCUT2D eigenvalue weighted by molar-refractivity contribution is -0.142. The molecule has 156 valence electrons. The Morgan fingerprint density at radius 3 is 2.11 bits per heavy atom. The van der Waals surface area contributed by atoms with Crippen molar-refractivity contribution in [2.24, 2.45) is 0 Å². The molecule has 0 spiro atoms. The van der Waals surface area contributed by atoms with Crippen LogP contribution < -0.4 is 0 Å². The van der Waals surface area contributed by atoms with E-state index in [1.807, 2.05) is 18.7 Å². The third-order valence-electron chi connectivity index (χ3n) is 4.34. The highest BCUT2D eigenvalue weighted by molar-refractivity contribution is 5.86. The molecule has 1 aromatic heterocycles. The van der Waals surface area contributed by atoms with Crippen LogP contribution in [0, 0.1) is 0 Å². The molecule has 0 unspecified atom stereocenters. The summed E-state index contributed by atoms with van der Waals surface area (Å²) < 4.78 is 79.7. The zero-order valence-electron chi connectivity index (χ0n) is 15.5. The summed E-state index contributed by atoms with van der Waals surface area (Å²) >= 11 is 0. The Bertz CT molecular complexity index is 797. The average molecular weight is 408 g/mol. The molecule has 0 aliphatic carbocycles. The fraction of sp³-hybridized carbons (Fsp3) is 0.526. The molecule has 0 aliphatic heterocycles. The molecule has 0 bridgehead atoms. The van der Waals surface area contributed by atoms with E-state index in [2.05, 4.69) is 4.98 Å². The summed E-state index contributed by atoms with van der Waals surface area (Å²) in [6.45, 7) is 5.11. The van der Waals surface area contributed by atoms with Gasteiger partial charge in [0.25, 0.3) is 0 Å². The highest BCUT2D eigenvalue weighted by Crippen LogP contribution is 2.39. The molecule has 9 heteroatoms. The quantitative estimate of drug-likeness (QED) is 0.621. The van der Waals surface area contributed by atoms with Gasteiger partial charge in [-0.1, -0.05) is 26.0 Å². The molecule has 1 aromatic carbocycles. The van der Waals surface area contributed by atoms with Crippen molar-refractivity contribution in [1.29, 1.82) is 0 Å². The number of aliphatic hydroxyl groups excluding tert-OH is 1. The van der Waals surface area contributed by atoms with Crippen LogP contribution >= 0.6 is 0 Å². The van der Waals surface area contributed by atoms with Gasteiger partial charge in [0.05, 0.1) is 17.2 Å². The van der Waals surface area contributed by atoms with Gasteiger partial charge in [0, 0.05) is 11.9 Å². The highest BCUT2D eigenvalue weighted by Gasteiger charge is 2.38. The second kappa shape index (κ2) is 8.65. The van der Waals surface area contributed by atoms with E-state index in [0.29, 0.717) is 25.2 Å². The largest absolute Gasteiger partial charge is 0.433 e. The molecule has 0 amide bonds. The maximum atomic E-state index is 13.3. The van der Waals surface area contributed by atoms with E-state index >= 15 is 0 Å². The zero-order valence-corrected chi connectivity index (χ0v) is 15.5. The molecule has 1 heterocycles. The van der Waals surface area contributed by atoms with Gasteiger partial charge >= 0.3 is 12.4 Å². The summed E-state index contributed by atoms with van der Waals surface area (Å²) in [5, 5.41) is 10.5. The van der Waals surface area contributed by atoms with Crippen molar-refractivity contribution in [3.05, 3.63) is 41.1 Å². The Labute approximate surface area is 159 Å². The number of halogens is 6. The molecule has 1 N–H and O–H groups in total. The third kappa shape index (κ3) is 5.14. The van der Waals surface area contributed by atoms with Gasteiger partial charge in [-0.15, -0.1) is 0 Å². The van der Waals surface area contributed by atoms with Gasteiger partial charge < -0.3 is 10.0 Å². The maximum Gasteiger partial charge on any atom is 0.433 e. The molecular formula is C19H22F6N2O. The third-order valence-corrected chi connectivity index (χ3v) is 4.34. The van der Waals surface area contributed by atoms with Crippen molar-refractivity contribution in [1.82, 2.24) is 9.88 Å². The molecule has 0 radical (unpaired) electrons. The second-order valence-electron chi connectivity index (χ2n) is 6.61. The highest BCUT2D eigenvalue weighted by atomic mass is 19.4. The van der Waals surface area contributed by atoms with Crippen LogP contribution in [0.1, 0.15) is 49.6 Å². The summed E-state index contributed by atoms with van der Waals surface area (Å²) in [7, 11) is 0. The molecular weight excluding hydrogens is 386 g/mol. The molecule has 0 fully saturated rings. The first-order valence-electron chi connectivity index (χ1n) is 8.97. The lowest BCUT2D eigenvalue weighted by atomic mass is 9.99. The van der Waals surface area contributed by atoms with E-state index in [9.17, 15) is 31.4 Å². The summed E-state index contributed by atoms with van der Waals surface area (Å²) in [4.78, 5) is 5.11. The molecule has 0 saturated heterocycles. The van der Waals surface area contributed by atoms with Gasteiger partial charge in [-0.3, -0.25) is 0 Å². The Morgan fingerprint density at radius 1 is 1.00 bits per heavy atom. The van der Waals surface area contributed by atoms with Crippen LogP contribution in [0.4, 0.5) is 26.3 Å². The predicted octanol–water partition coefficient (Wildman–Crippen LogP) is 5.43. The van der Waals surface area contributed by atoms with E-state index in [-0.39, 0.29) is 17.5 Å². The minimum Gasteiger partial charge on any atom is -0.387 e. The van der Waals surface area contributed by atoms with Crippen molar-refractivity contribution >= 4 is 10.9 Å². The van der Waals surface area contributed by atoms with Crippen molar-refractivity contribution in [2.45, 2.75) is 45.1 Å². The monoisotopic (exact) mass is 408 g/mol. The molecule has 2 aromatic rings. The van der Waals surface area contributed by atoms with E-state index in [1.165, 1.54) is 6.07 Å². The number of nitrogens with zero attached hydrogens (tertiary/aromatic N) is 2. The molecule has 2 rings (SSSR count). The predicted molar refractivity (Wildman–Crippen MR) is 93.7 cm³/mol. The summed E-state index contributed by atoms with van der Waals surface area (Å²) in [5.41, 5.74) is -3.73. The fourth-order valence-electron chi connectivity index (χ4n) is 3.19. The van der Waals surface area contributed by atoms with Crippen LogP contribution in [-0.4, -0.2) is 34.6 Å². The van der Waals surface area contributed by atoms with Gasteiger partial charge in [0.2, 0.25) is 0 Å². The lowest BCUT2D eigenvalue weighted by Crippen LogP contribution is -2.30. The van der Waals surface area contributed by atoms with Crippen molar-refractivity contribution in [3.8, 4) is 0 Å². The number of pyridine rings is 1. The van der Waals surface area contributed by atoms with Crippen molar-refractivity contribution in [2.75, 3.05) is 19.6 Å². The number of hydrogen-bond acceptors (Lipinski definition) is 3. The maximum absolute atomic E-state index is 13.3. The first-order valence-corrected chi connectivity index (χ1v) is 8.97. The zero-order chi connectivity index (χ0) is 21.1. The Kier molecular flexibility index (Phi) is 6.93. The van der Waals surface area contributed by atoms with E-state index in [0.717, 1.165) is 18.9 Å². The number of aliphatic hydroxyl groups is 1. The van der Waals surface area contributed by atoms with E-state index in [4.69, 9.17) is 0 Å². The summed E-state index contributed by atoms with van der Waals surface area (Å²) in [6, 6.07) is 3.68. The van der Waals surface area contributed by atoms with Crippen LogP contribution in [0.2, 0.25) is 0 Å². The Morgan fingerprint density at radius 2 is 1.61 bits per heavy atom. The van der Waals surface area contributed by atoms with Crippen molar-refractivity contribution in [3.63, 3.8) is 0 Å². The minimum absolute atomic E-state index is 0.0222. The number of hydrogen-bond donors (Lipinski definition) is 1. The molecule has 28 heavy (non-hydrogen) atoms. The Balaban J connectivity index is 2.63. The van der Waals surface area contributed by atoms with Crippen LogP contribution in [0.15, 0.2) is 24.3 Å². The van der Waals surface area contributed by atoms with Crippen LogP contribution in [-0.2, 0) is 12.4 Å². The van der Waals surface area contributed by atoms with Gasteiger partial charge in [-0.2, -0.15) is 26.3 Å². The number of aromatic nitrogens is 1. The fourth-order valence-corrected chi connectivity index (χ4v) is 3.19. The van der Waals surface area contributed by atoms with Crippen LogP contribution in [0.5, 0.6) is 0 Å². The molecule has 0 saturated carbocycles. The van der Waals surface area contributed by atoms with Crippen LogP contribution in [0.3, 0.4) is 0 Å². The molecule has 3 nitrogen and oxygen atoms in total. The smallest absolute Gasteiger partial charge is 0.387 e. The average Bonchev–Trinajstić information content (AvgIpc) is 2.59. The lowest BCUT2D eigenvalue weighted by Gasteiger charge is -2.25. The van der Waals surface area contributed by atoms with Crippen LogP contribution in [0.25, 0.3) is 10.9 Å². The Hall–Kier alpha value is -1.87. The number of benzene rings is 1. The van der Waals surface area contributed by atoms with Gasteiger partial charge in [0.15, 0.2) is 0 Å². The second-order valence-corrected chi connectivity index (χ2v) is 6.61. The number of fused-ring (bicyclic) bond motifs is 1. The van der Waals surface area contributed by atoms with Gasteiger partial charge in [0.1, 0.15) is 5.69 Å². The number of alkyl halides is 6. The first kappa shape index (κ1) is 22.4. The van der Waals surface area contributed by atoms with E-state index < -0.39 is 35.2 Å². The van der Waals surface area contributed by atoms with Gasteiger partial charge in [-0.05, 0) is 43.6 Å². The van der Waals surface area contributed by atoms with Crippen molar-refractivity contribution < 1.29 is 31.4 Å². The topological polar surface area (TPSA) is 36.4 Å². The van der Waals surface area contributed by atoms with E-state index in [1.54, 1.807) is 0 Å². The summed E-state index contributed by atoms with van der Waals surface area (Å²) in [5.74, 6) is 0. The normalized spacial score (nSPS) is 14.1. The standard InChI is InChI=1S/C19H22F6N2O/c1-3-8-27(9-4-2)11-15(28)13-10-16(19(23,24)25)26-17-12(13)6-5-7-14(17)18(20,21)22/h5-7,10,15,28H,3-4,8-9,11H2,1-2H3/t15-/m1/s1. The minimum atomic E-state index is -4.94. The number of rotatable bonds is 7. The number of para-hydroxylation sites is 1.